The van der Waals surface area contributed by atoms with E-state index in [4.69, 9.17) is 14.0 Å². The highest BCUT2D eigenvalue weighted by Gasteiger charge is 2.50. The molecule has 35 heavy (non-hydrogen) atoms. The summed E-state index contributed by atoms with van der Waals surface area (Å²) in [5.41, 5.74) is -0.684. The van der Waals surface area contributed by atoms with Crippen LogP contribution in [0.2, 0.25) is 5.04 Å². The van der Waals surface area contributed by atoms with Gasteiger partial charge in [-0.2, -0.15) is 0 Å². The third kappa shape index (κ3) is 7.40. The van der Waals surface area contributed by atoms with E-state index in [9.17, 15) is 9.59 Å². The molecule has 2 rings (SSSR count). The number of hydrogen-bond acceptors (Lipinski definition) is 5. The minimum Gasteiger partial charge on any atom is -0.444 e. The van der Waals surface area contributed by atoms with E-state index in [0.717, 1.165) is 15.4 Å². The summed E-state index contributed by atoms with van der Waals surface area (Å²) in [7, 11) is 0.148. The summed E-state index contributed by atoms with van der Waals surface area (Å²) in [5.74, 6) is -0.385. The van der Waals surface area contributed by atoms with Crippen molar-refractivity contribution in [2.45, 2.75) is 64.6 Å². The van der Waals surface area contributed by atoms with Crippen molar-refractivity contribution in [2.24, 2.45) is 0 Å². The van der Waals surface area contributed by atoms with Crippen LogP contribution in [0.3, 0.4) is 0 Å². The van der Waals surface area contributed by atoms with Crippen LogP contribution in [0.4, 0.5) is 4.79 Å². The van der Waals surface area contributed by atoms with Crippen LogP contribution in [0.5, 0.6) is 0 Å². The van der Waals surface area contributed by atoms with E-state index >= 15 is 0 Å². The average Bonchev–Trinajstić information content (AvgIpc) is 2.79. The van der Waals surface area contributed by atoms with E-state index in [-0.39, 0.29) is 24.0 Å². The number of carbonyl (C=O) groups excluding carboxylic acids is 2. The first-order chi connectivity index (χ1) is 16.3. The number of amides is 2. The molecule has 0 aliphatic heterocycles. The van der Waals surface area contributed by atoms with Crippen LogP contribution in [-0.4, -0.2) is 57.8 Å². The lowest BCUT2D eigenvalue weighted by molar-refractivity contribution is -0.171. The molecule has 0 saturated heterocycles. The lowest BCUT2D eigenvalue weighted by Gasteiger charge is -2.43. The number of hydroxylamine groups is 2. The fourth-order valence-corrected chi connectivity index (χ4v) is 8.69. The van der Waals surface area contributed by atoms with Gasteiger partial charge < -0.3 is 14.5 Å². The van der Waals surface area contributed by atoms with Crippen molar-refractivity contribution in [3.05, 3.63) is 60.7 Å². The molecular formula is C27H40N2O5Si. The highest BCUT2D eigenvalue weighted by Crippen LogP contribution is 2.36. The van der Waals surface area contributed by atoms with Crippen LogP contribution >= 0.6 is 0 Å². The van der Waals surface area contributed by atoms with E-state index in [2.05, 4.69) is 50.4 Å². The van der Waals surface area contributed by atoms with Gasteiger partial charge in [-0.15, -0.1) is 0 Å². The van der Waals surface area contributed by atoms with Crippen LogP contribution in [0.15, 0.2) is 60.7 Å². The second-order valence-electron chi connectivity index (χ2n) is 10.5. The lowest BCUT2D eigenvalue weighted by atomic mass is 10.2. The highest BCUT2D eigenvalue weighted by atomic mass is 28.4. The molecule has 0 fully saturated rings. The zero-order valence-corrected chi connectivity index (χ0v) is 23.3. The summed E-state index contributed by atoms with van der Waals surface area (Å²) in [6.07, 6.45) is -0.401. The molecular weight excluding hydrogens is 460 g/mol. The number of ether oxygens (including phenoxy) is 1. The maximum Gasteiger partial charge on any atom is 0.408 e. The molecule has 0 saturated carbocycles. The molecule has 192 valence electrons. The molecule has 2 aromatic carbocycles. The number of benzene rings is 2. The quantitative estimate of drug-likeness (QED) is 0.418. The molecule has 0 bridgehead atoms. The van der Waals surface area contributed by atoms with Crippen molar-refractivity contribution in [1.82, 2.24) is 10.4 Å². The van der Waals surface area contributed by atoms with Gasteiger partial charge in [0.1, 0.15) is 11.6 Å². The first kappa shape index (κ1) is 28.6. The van der Waals surface area contributed by atoms with E-state index in [1.165, 1.54) is 14.2 Å². The van der Waals surface area contributed by atoms with Crippen molar-refractivity contribution < 1.29 is 23.6 Å². The third-order valence-corrected chi connectivity index (χ3v) is 10.8. The first-order valence-electron chi connectivity index (χ1n) is 11.9. The van der Waals surface area contributed by atoms with Crippen LogP contribution in [0.1, 0.15) is 48.0 Å². The Kier molecular flexibility index (Phi) is 9.65. The SMILES string of the molecule is CON(C)C(=O)C(CCO[Si](c1ccccc1)(c1ccccc1)C(C)(C)C)NC(=O)OC(C)(C)C. The smallest absolute Gasteiger partial charge is 0.408 e. The second kappa shape index (κ2) is 11.8. The fourth-order valence-electron chi connectivity index (χ4n) is 4.11. The van der Waals surface area contributed by atoms with Crippen molar-refractivity contribution in [2.75, 3.05) is 20.8 Å². The Bertz CT molecular complexity index is 916. The zero-order chi connectivity index (χ0) is 26.3. The number of nitrogens with zero attached hydrogens (tertiary/aromatic N) is 1. The zero-order valence-electron chi connectivity index (χ0n) is 22.3. The number of rotatable bonds is 9. The summed E-state index contributed by atoms with van der Waals surface area (Å²) in [6.45, 7) is 12.2. The minimum absolute atomic E-state index is 0.197. The highest BCUT2D eigenvalue weighted by molar-refractivity contribution is 6.99. The Morgan fingerprint density at radius 1 is 0.914 bits per heavy atom. The van der Waals surface area contributed by atoms with Gasteiger partial charge in [0.2, 0.25) is 0 Å². The number of likely N-dealkylation sites (N-methyl/N-ethyl adjacent to an activating group) is 1. The molecule has 0 aliphatic carbocycles. The van der Waals surface area contributed by atoms with E-state index in [0.29, 0.717) is 0 Å². The number of alkyl carbamates (subject to hydrolysis) is 1. The summed E-state index contributed by atoms with van der Waals surface area (Å²) < 4.78 is 12.3. The number of hydrogen-bond donors (Lipinski definition) is 1. The van der Waals surface area contributed by atoms with E-state index < -0.39 is 26.1 Å². The molecule has 0 radical (unpaired) electrons. The minimum atomic E-state index is -2.76. The topological polar surface area (TPSA) is 77.1 Å². The van der Waals surface area contributed by atoms with Gasteiger partial charge in [-0.1, -0.05) is 81.4 Å². The van der Waals surface area contributed by atoms with Gasteiger partial charge in [-0.05, 0) is 42.6 Å². The average molecular weight is 501 g/mol. The second-order valence-corrected chi connectivity index (χ2v) is 14.8. The van der Waals surface area contributed by atoms with Gasteiger partial charge in [-0.25, -0.2) is 9.86 Å². The molecule has 2 aromatic rings. The largest absolute Gasteiger partial charge is 0.444 e. The van der Waals surface area contributed by atoms with E-state index in [1.807, 2.05) is 36.4 Å². The Labute approximate surface area is 210 Å². The van der Waals surface area contributed by atoms with Gasteiger partial charge in [0.15, 0.2) is 0 Å². The molecule has 1 N–H and O–H groups in total. The molecule has 7 nitrogen and oxygen atoms in total. The van der Waals surface area contributed by atoms with Crippen LogP contribution < -0.4 is 15.7 Å². The maximum atomic E-state index is 13.0. The summed E-state index contributed by atoms with van der Waals surface area (Å²) >= 11 is 0. The van der Waals surface area contributed by atoms with Gasteiger partial charge in [0.05, 0.1) is 7.11 Å². The molecule has 0 heterocycles. The maximum absolute atomic E-state index is 13.0. The summed E-state index contributed by atoms with van der Waals surface area (Å²) in [4.78, 5) is 30.5. The lowest BCUT2D eigenvalue weighted by Crippen LogP contribution is -2.66. The molecule has 8 heteroatoms. The summed E-state index contributed by atoms with van der Waals surface area (Å²) in [6, 6.07) is 19.7. The van der Waals surface area contributed by atoms with Crippen LogP contribution in [0.25, 0.3) is 0 Å². The van der Waals surface area contributed by atoms with Gasteiger partial charge in [0, 0.05) is 13.7 Å². The molecule has 1 unspecified atom stereocenters. The van der Waals surface area contributed by atoms with Gasteiger partial charge >= 0.3 is 6.09 Å². The van der Waals surface area contributed by atoms with Crippen molar-refractivity contribution in [3.63, 3.8) is 0 Å². The Hall–Kier alpha value is -2.68. The molecule has 0 spiro atoms. The number of carbonyl (C=O) groups is 2. The van der Waals surface area contributed by atoms with Crippen molar-refractivity contribution >= 4 is 30.7 Å². The summed E-state index contributed by atoms with van der Waals surface area (Å²) in [5, 5.41) is 5.90. The molecule has 2 amide bonds. The van der Waals surface area contributed by atoms with Crippen molar-refractivity contribution in [3.8, 4) is 0 Å². The van der Waals surface area contributed by atoms with Gasteiger partial charge in [0.25, 0.3) is 14.2 Å². The predicted molar refractivity (Wildman–Crippen MR) is 141 cm³/mol. The standard InChI is InChI=1S/C27H40N2O5Si/c1-26(2,3)34-25(31)28-23(24(30)29(7)32-8)19-20-33-35(27(4,5)6,21-15-11-9-12-16-21)22-17-13-10-14-18-22/h9-18,23H,19-20H2,1-8H3,(H,28,31). The van der Waals surface area contributed by atoms with Gasteiger partial charge in [-0.3, -0.25) is 9.63 Å². The monoisotopic (exact) mass is 500 g/mol. The van der Waals surface area contributed by atoms with E-state index in [1.54, 1.807) is 20.8 Å². The Morgan fingerprint density at radius 3 is 1.80 bits per heavy atom. The number of nitrogens with one attached hydrogen (secondary N) is 1. The van der Waals surface area contributed by atoms with Crippen LogP contribution in [0, 0.1) is 0 Å². The third-order valence-electron chi connectivity index (χ3n) is 5.72. The Balaban J connectivity index is 2.37. The molecule has 0 aliphatic rings. The first-order valence-corrected chi connectivity index (χ1v) is 13.8. The molecule has 1 atom stereocenters. The van der Waals surface area contributed by atoms with Crippen LogP contribution in [-0.2, 0) is 18.8 Å². The van der Waals surface area contributed by atoms with Crippen molar-refractivity contribution in [1.29, 1.82) is 0 Å². The predicted octanol–water partition coefficient (Wildman–Crippen LogP) is 3.87. The Morgan fingerprint density at radius 2 is 1.40 bits per heavy atom. The normalized spacial score (nSPS) is 13.1. The molecule has 0 aromatic heterocycles. The fraction of sp³-hybridized carbons (Fsp3) is 0.481.